The van der Waals surface area contributed by atoms with Crippen LogP contribution in [0.25, 0.3) is 0 Å². The van der Waals surface area contributed by atoms with Crippen molar-refractivity contribution in [1.29, 1.82) is 0 Å². The van der Waals surface area contributed by atoms with E-state index in [0.29, 0.717) is 12.8 Å². The average Bonchev–Trinajstić information content (AvgIpc) is 3.65. The summed E-state index contributed by atoms with van der Waals surface area (Å²) < 4.78 is 4.62. The molecule has 0 aromatic heterocycles. The fourth-order valence-corrected chi connectivity index (χ4v) is 8.49. The summed E-state index contributed by atoms with van der Waals surface area (Å²) in [6, 6.07) is -0.298. The van der Waals surface area contributed by atoms with Crippen LogP contribution in [0.3, 0.4) is 0 Å². The molecule has 354 valence electrons. The normalized spacial score (nSPS) is 20.0. The number of nitrogens with one attached hydrogen (secondary N) is 4. The first-order chi connectivity index (χ1) is 30.2. The standard InChI is InChI=1S/C43H62N6O11.CH3NO2/c1-43(2,3)35(48-38(54)30(21-13-14-22-32(51)60-4)45-37(53)28-19-11-12-20-29(28)42(58)59)41(57)49-24-27(50)23-31(49)39(55)47-34(26-17-9-6-10-18-26)40(56)46-33(36(44)52)25-15-7-5-8-16-25;1-2(3)4/h11-12,14,19-20,22,25-27,30-31,33-35,50H,5-10,13,15-18,21,23-24H2,1-4H3,(H2,44,52)(H,45,53)(H,46,56)(H,47,55)(H,48,54)(H,58,59);1H3/b22-14+;/t27-,30+,31+,33+,34+,35-;/m1./s1. The molecule has 0 bridgehead atoms. The average molecular weight is 900 g/mol. The van der Waals surface area contributed by atoms with E-state index in [2.05, 4.69) is 26.0 Å². The number of carboxylic acids is 1. The van der Waals surface area contributed by atoms with Crippen molar-refractivity contribution in [2.45, 2.75) is 141 Å². The Morgan fingerprint density at radius 2 is 1.42 bits per heavy atom. The number of methoxy groups -OCH3 is 1. The van der Waals surface area contributed by atoms with Crippen LogP contribution in [0.4, 0.5) is 0 Å². The van der Waals surface area contributed by atoms with Crippen LogP contribution in [0.15, 0.2) is 36.4 Å². The summed E-state index contributed by atoms with van der Waals surface area (Å²) in [5.41, 5.74) is 4.31. The summed E-state index contributed by atoms with van der Waals surface area (Å²) in [5.74, 6) is -6.53. The van der Waals surface area contributed by atoms with Crippen molar-refractivity contribution < 1.29 is 58.2 Å². The summed E-state index contributed by atoms with van der Waals surface area (Å²) in [5, 5.41) is 40.4. The van der Waals surface area contributed by atoms with Gasteiger partial charge in [-0.2, -0.15) is 0 Å². The first-order valence-electron chi connectivity index (χ1n) is 21.8. The number of primary amides is 1. The molecule has 0 radical (unpaired) electrons. The van der Waals surface area contributed by atoms with Crippen molar-refractivity contribution in [2.24, 2.45) is 23.0 Å². The van der Waals surface area contributed by atoms with Gasteiger partial charge in [0.1, 0.15) is 30.2 Å². The Morgan fingerprint density at radius 3 is 1.94 bits per heavy atom. The maximum absolute atomic E-state index is 14.5. The number of nitrogens with zero attached hydrogens (tertiary/aromatic N) is 2. The highest BCUT2D eigenvalue weighted by Crippen LogP contribution is 2.31. The third-order valence-electron chi connectivity index (χ3n) is 11.8. The predicted molar refractivity (Wildman–Crippen MR) is 232 cm³/mol. The van der Waals surface area contributed by atoms with E-state index in [4.69, 9.17) is 15.8 Å². The van der Waals surface area contributed by atoms with Crippen molar-refractivity contribution in [3.63, 3.8) is 0 Å². The van der Waals surface area contributed by atoms with Gasteiger partial charge in [0.25, 0.3) is 5.91 Å². The minimum Gasteiger partial charge on any atom is -0.478 e. The molecule has 6 amide bonds. The number of aliphatic hydroxyl groups is 1. The summed E-state index contributed by atoms with van der Waals surface area (Å²) >= 11 is 0. The number of nitro groups is 1. The van der Waals surface area contributed by atoms with E-state index >= 15 is 0 Å². The molecule has 0 unspecified atom stereocenters. The quantitative estimate of drug-likeness (QED) is 0.0510. The molecule has 20 nitrogen and oxygen atoms in total. The molecule has 4 rings (SSSR count). The molecule has 20 heteroatoms. The van der Waals surface area contributed by atoms with Crippen molar-refractivity contribution in [3.05, 3.63) is 57.7 Å². The molecular weight excluding hydrogens is 835 g/mol. The van der Waals surface area contributed by atoms with Crippen LogP contribution in [-0.2, 0) is 33.5 Å². The molecule has 1 saturated heterocycles. The number of carboxylic acid groups (broad SMARTS) is 1. The van der Waals surface area contributed by atoms with Gasteiger partial charge in [0.05, 0.1) is 24.3 Å². The number of aromatic carboxylic acids is 1. The van der Waals surface area contributed by atoms with E-state index in [1.54, 1.807) is 20.8 Å². The highest BCUT2D eigenvalue weighted by atomic mass is 16.6. The van der Waals surface area contributed by atoms with Crippen molar-refractivity contribution in [3.8, 4) is 0 Å². The Balaban J connectivity index is 0.00000261. The molecule has 2 aliphatic carbocycles. The highest BCUT2D eigenvalue weighted by Gasteiger charge is 2.46. The number of esters is 1. The molecular formula is C44H65N7O13. The summed E-state index contributed by atoms with van der Waals surface area (Å²) in [7, 11) is 2.09. The fraction of sp³-hybridized carbons (Fsp3) is 0.636. The van der Waals surface area contributed by atoms with Gasteiger partial charge >= 0.3 is 11.9 Å². The van der Waals surface area contributed by atoms with Gasteiger partial charge in [0, 0.05) is 24.0 Å². The van der Waals surface area contributed by atoms with E-state index in [9.17, 15) is 48.6 Å². The monoisotopic (exact) mass is 899 g/mol. The second-order valence-electron chi connectivity index (χ2n) is 17.7. The molecule has 64 heavy (non-hydrogen) atoms. The summed E-state index contributed by atoms with van der Waals surface area (Å²) in [6.45, 7) is 4.84. The van der Waals surface area contributed by atoms with Crippen molar-refractivity contribution >= 4 is 47.4 Å². The lowest BCUT2D eigenvalue weighted by Crippen LogP contribution is -2.62. The number of β-amino-alcohol motifs (C(OH)–C–C–N with tert-alkyl or cyclic N) is 1. The number of nitrogens with two attached hydrogens (primary N) is 1. The van der Waals surface area contributed by atoms with Crippen LogP contribution in [0.2, 0.25) is 0 Å². The molecule has 1 aliphatic heterocycles. The minimum atomic E-state index is -1.35. The number of likely N-dealkylation sites (tertiary alicyclic amines) is 1. The number of aliphatic hydroxyl groups excluding tert-OH is 1. The lowest BCUT2D eigenvalue weighted by atomic mass is 9.81. The molecule has 8 N–H and O–H groups in total. The van der Waals surface area contributed by atoms with Gasteiger partial charge in [-0.1, -0.05) is 77.5 Å². The molecule has 0 spiro atoms. The van der Waals surface area contributed by atoms with E-state index in [0.717, 1.165) is 64.5 Å². The first kappa shape index (κ1) is 52.4. The second kappa shape index (κ2) is 24.8. The predicted octanol–water partition coefficient (Wildman–Crippen LogP) is 1.99. The Bertz CT molecular complexity index is 1870. The smallest absolute Gasteiger partial charge is 0.336 e. The molecule has 2 saturated carbocycles. The number of benzene rings is 1. The summed E-state index contributed by atoms with van der Waals surface area (Å²) in [4.78, 5) is 116. The van der Waals surface area contributed by atoms with Crippen molar-refractivity contribution in [1.82, 2.24) is 26.2 Å². The van der Waals surface area contributed by atoms with Crippen LogP contribution in [0.1, 0.15) is 125 Å². The van der Waals surface area contributed by atoms with Gasteiger partial charge in [-0.25, -0.2) is 9.59 Å². The van der Waals surface area contributed by atoms with E-state index < -0.39 is 94.0 Å². The lowest BCUT2D eigenvalue weighted by molar-refractivity contribution is -0.445. The third kappa shape index (κ3) is 15.7. The van der Waals surface area contributed by atoms with Crippen LogP contribution < -0.4 is 27.0 Å². The Morgan fingerprint density at radius 1 is 0.875 bits per heavy atom. The largest absolute Gasteiger partial charge is 0.478 e. The van der Waals surface area contributed by atoms with Gasteiger partial charge in [0.15, 0.2) is 7.05 Å². The number of carbonyl (C=O) groups is 8. The zero-order chi connectivity index (χ0) is 47.7. The van der Waals surface area contributed by atoms with E-state index in [1.807, 2.05) is 0 Å². The second-order valence-corrected chi connectivity index (χ2v) is 17.7. The van der Waals surface area contributed by atoms with Gasteiger partial charge in [-0.3, -0.25) is 38.9 Å². The maximum Gasteiger partial charge on any atom is 0.336 e. The summed E-state index contributed by atoms with van der Waals surface area (Å²) in [6.07, 6.45) is 9.74. The number of hydrogen-bond acceptors (Lipinski definition) is 12. The molecule has 1 aromatic carbocycles. The number of hydrogen-bond donors (Lipinski definition) is 7. The van der Waals surface area contributed by atoms with Gasteiger partial charge in [-0.15, -0.1) is 0 Å². The van der Waals surface area contributed by atoms with E-state index in [1.165, 1.54) is 42.4 Å². The van der Waals surface area contributed by atoms with Crippen LogP contribution in [0, 0.1) is 27.4 Å². The lowest BCUT2D eigenvalue weighted by Gasteiger charge is -2.37. The van der Waals surface area contributed by atoms with Crippen LogP contribution in [0.5, 0.6) is 0 Å². The molecule has 1 heterocycles. The Labute approximate surface area is 373 Å². The molecule has 6 atom stereocenters. The zero-order valence-electron chi connectivity index (χ0n) is 37.3. The molecule has 3 fully saturated rings. The van der Waals surface area contributed by atoms with Gasteiger partial charge in [-0.05, 0) is 67.9 Å². The number of ether oxygens (including phenoxy) is 1. The first-order valence-corrected chi connectivity index (χ1v) is 21.8. The highest BCUT2D eigenvalue weighted by molar-refractivity contribution is 6.06. The topological polar surface area (TPSA) is 307 Å². The molecule has 1 aromatic rings. The Hall–Kier alpha value is -5.92. The minimum absolute atomic E-state index is 0.0687. The van der Waals surface area contributed by atoms with Gasteiger partial charge < -0.3 is 46.9 Å². The number of rotatable bonds is 17. The number of allylic oxidation sites excluding steroid dienone is 1. The zero-order valence-corrected chi connectivity index (χ0v) is 37.3. The Kier molecular flexibility index (Phi) is 20.3. The molecule has 3 aliphatic rings. The fourth-order valence-electron chi connectivity index (χ4n) is 8.49. The van der Waals surface area contributed by atoms with E-state index in [-0.39, 0.29) is 48.8 Å². The third-order valence-corrected chi connectivity index (χ3v) is 11.8. The van der Waals surface area contributed by atoms with Gasteiger partial charge in [0.2, 0.25) is 29.5 Å². The maximum atomic E-state index is 14.5. The number of amides is 6. The van der Waals surface area contributed by atoms with Crippen molar-refractivity contribution in [2.75, 3.05) is 20.7 Å². The van der Waals surface area contributed by atoms with Crippen LogP contribution >= 0.6 is 0 Å². The number of carbonyl (C=O) groups excluding carboxylic acids is 7. The van der Waals surface area contributed by atoms with Crippen LogP contribution in [-0.4, -0.2) is 124 Å². The SMILES string of the molecule is COC(=O)/C=C/CC[C@H](NC(=O)c1ccccc1C(=O)O)C(=O)N[C@H](C(=O)N1C[C@H](O)C[C@H]1C(=O)N[C@H](C(=O)N[C@H](C(N)=O)C1CCCCC1)C1CCCCC1)C(C)(C)C.C[N+](=O)[O-].